The van der Waals surface area contributed by atoms with Gasteiger partial charge >= 0.3 is 0 Å². The van der Waals surface area contributed by atoms with Gasteiger partial charge < -0.3 is 5.11 Å². The largest absolute Gasteiger partial charge is 0.390 e. The van der Waals surface area contributed by atoms with E-state index in [0.29, 0.717) is 4.90 Å². The minimum absolute atomic E-state index is 0.0622. The molecule has 0 unspecified atom stereocenters. The van der Waals surface area contributed by atoms with Crippen molar-refractivity contribution in [2.45, 2.75) is 26.2 Å². The Hall–Kier alpha value is -1.04. The molecule has 0 spiro atoms. The van der Waals surface area contributed by atoms with Gasteiger partial charge in [-0.2, -0.15) is 0 Å². The summed E-state index contributed by atoms with van der Waals surface area (Å²) < 4.78 is 25.6. The molecule has 0 aromatic carbocycles. The molecule has 1 heterocycles. The van der Waals surface area contributed by atoms with Crippen LogP contribution in [0.1, 0.15) is 20.3 Å². The van der Waals surface area contributed by atoms with Crippen LogP contribution < -0.4 is 0 Å². The SMILES string of the molecule is CC1(C)CC(=O)N(CC(F)(F)CO)C1=O. The Morgan fingerprint density at radius 1 is 1.47 bits per heavy atom. The number of aliphatic hydroxyl groups excluding tert-OH is 1. The molecule has 2 amide bonds. The van der Waals surface area contributed by atoms with Crippen molar-refractivity contribution in [1.29, 1.82) is 0 Å². The van der Waals surface area contributed by atoms with Crippen molar-refractivity contribution in [3.05, 3.63) is 0 Å². The number of rotatable bonds is 3. The van der Waals surface area contributed by atoms with Crippen LogP contribution in [0, 0.1) is 5.41 Å². The van der Waals surface area contributed by atoms with Gasteiger partial charge in [0.25, 0.3) is 5.92 Å². The van der Waals surface area contributed by atoms with E-state index in [4.69, 9.17) is 5.11 Å². The topological polar surface area (TPSA) is 57.6 Å². The second-order valence-electron chi connectivity index (χ2n) is 4.36. The van der Waals surface area contributed by atoms with Crippen LogP contribution in [-0.2, 0) is 9.59 Å². The molecule has 0 aliphatic carbocycles. The number of halogens is 2. The van der Waals surface area contributed by atoms with Crippen molar-refractivity contribution in [2.75, 3.05) is 13.2 Å². The normalized spacial score (nSPS) is 21.3. The molecule has 1 N–H and O–H groups in total. The summed E-state index contributed by atoms with van der Waals surface area (Å²) in [5.74, 6) is -4.65. The van der Waals surface area contributed by atoms with Crippen molar-refractivity contribution in [3.8, 4) is 0 Å². The molecule has 15 heavy (non-hydrogen) atoms. The fourth-order valence-corrected chi connectivity index (χ4v) is 1.47. The predicted octanol–water partition coefficient (Wildman–Crippen LogP) is 0.399. The van der Waals surface area contributed by atoms with E-state index in [1.807, 2.05) is 0 Å². The number of alkyl halides is 2. The van der Waals surface area contributed by atoms with Crippen molar-refractivity contribution in [2.24, 2.45) is 5.41 Å². The quantitative estimate of drug-likeness (QED) is 0.702. The van der Waals surface area contributed by atoms with Gasteiger partial charge in [0.1, 0.15) is 6.61 Å². The second-order valence-corrected chi connectivity index (χ2v) is 4.36. The number of likely N-dealkylation sites (tertiary alicyclic amines) is 1. The molecule has 1 aliphatic heterocycles. The molecule has 4 nitrogen and oxygen atoms in total. The van der Waals surface area contributed by atoms with E-state index in [-0.39, 0.29) is 6.42 Å². The first-order chi connectivity index (χ1) is 6.69. The molecule has 6 heteroatoms. The molecule has 1 rings (SSSR count). The van der Waals surface area contributed by atoms with Gasteiger partial charge in [0.05, 0.1) is 12.0 Å². The van der Waals surface area contributed by atoms with Crippen LogP contribution in [0.2, 0.25) is 0 Å². The van der Waals surface area contributed by atoms with E-state index in [9.17, 15) is 18.4 Å². The highest BCUT2D eigenvalue weighted by Gasteiger charge is 2.48. The third-order valence-electron chi connectivity index (χ3n) is 2.34. The van der Waals surface area contributed by atoms with Crippen molar-refractivity contribution >= 4 is 11.8 Å². The van der Waals surface area contributed by atoms with Gasteiger partial charge in [0.2, 0.25) is 11.8 Å². The maximum Gasteiger partial charge on any atom is 0.288 e. The Morgan fingerprint density at radius 3 is 2.33 bits per heavy atom. The fourth-order valence-electron chi connectivity index (χ4n) is 1.47. The van der Waals surface area contributed by atoms with Gasteiger partial charge in [-0.25, -0.2) is 8.78 Å². The van der Waals surface area contributed by atoms with Crippen LogP contribution in [0.4, 0.5) is 8.78 Å². The lowest BCUT2D eigenvalue weighted by Gasteiger charge is -2.22. The summed E-state index contributed by atoms with van der Waals surface area (Å²) in [7, 11) is 0. The van der Waals surface area contributed by atoms with Crippen molar-refractivity contribution < 1.29 is 23.5 Å². The minimum atomic E-state index is -3.42. The first-order valence-corrected chi connectivity index (χ1v) is 4.53. The minimum Gasteiger partial charge on any atom is -0.390 e. The summed E-state index contributed by atoms with van der Waals surface area (Å²) in [5.41, 5.74) is -0.914. The number of amides is 2. The van der Waals surface area contributed by atoms with Gasteiger partial charge in [0, 0.05) is 6.42 Å². The zero-order valence-electron chi connectivity index (χ0n) is 8.59. The van der Waals surface area contributed by atoms with E-state index in [0.717, 1.165) is 0 Å². The highest BCUT2D eigenvalue weighted by Crippen LogP contribution is 2.33. The van der Waals surface area contributed by atoms with Gasteiger partial charge in [-0.3, -0.25) is 14.5 Å². The van der Waals surface area contributed by atoms with E-state index in [1.54, 1.807) is 0 Å². The van der Waals surface area contributed by atoms with E-state index in [2.05, 4.69) is 0 Å². The first-order valence-electron chi connectivity index (χ1n) is 4.53. The monoisotopic (exact) mass is 221 g/mol. The van der Waals surface area contributed by atoms with Crippen LogP contribution in [0.3, 0.4) is 0 Å². The molecule has 0 radical (unpaired) electrons. The van der Waals surface area contributed by atoms with Crippen LogP contribution in [-0.4, -0.2) is 40.9 Å². The third kappa shape index (κ3) is 2.31. The molecule has 86 valence electrons. The smallest absolute Gasteiger partial charge is 0.288 e. The molecule has 0 aromatic rings. The Kier molecular flexibility index (Phi) is 2.82. The third-order valence-corrected chi connectivity index (χ3v) is 2.34. The zero-order valence-corrected chi connectivity index (χ0v) is 8.59. The average molecular weight is 221 g/mol. The molecule has 0 saturated carbocycles. The number of imide groups is 1. The number of nitrogens with zero attached hydrogens (tertiary/aromatic N) is 1. The number of hydrogen-bond acceptors (Lipinski definition) is 3. The number of aliphatic hydroxyl groups is 1. The van der Waals surface area contributed by atoms with Crippen LogP contribution >= 0.6 is 0 Å². The van der Waals surface area contributed by atoms with Gasteiger partial charge in [-0.1, -0.05) is 13.8 Å². The Labute approximate surface area is 85.9 Å². The van der Waals surface area contributed by atoms with Crippen LogP contribution in [0.5, 0.6) is 0 Å². The molecule has 0 bridgehead atoms. The fraction of sp³-hybridized carbons (Fsp3) is 0.778. The Balaban J connectivity index is 2.81. The van der Waals surface area contributed by atoms with Crippen molar-refractivity contribution in [1.82, 2.24) is 4.90 Å². The lowest BCUT2D eigenvalue weighted by Crippen LogP contribution is -2.43. The predicted molar refractivity (Wildman–Crippen MR) is 47.2 cm³/mol. The van der Waals surface area contributed by atoms with Crippen LogP contribution in [0.25, 0.3) is 0 Å². The van der Waals surface area contributed by atoms with E-state index >= 15 is 0 Å². The molecule has 0 aromatic heterocycles. The highest BCUT2D eigenvalue weighted by molar-refractivity contribution is 6.05. The second kappa shape index (κ2) is 3.52. The zero-order chi connectivity index (χ0) is 11.9. The summed E-state index contributed by atoms with van der Waals surface area (Å²) in [6, 6.07) is 0. The van der Waals surface area contributed by atoms with E-state index < -0.39 is 36.3 Å². The molecule has 1 saturated heterocycles. The Bertz CT molecular complexity index is 302. The summed E-state index contributed by atoms with van der Waals surface area (Å²) in [5, 5.41) is 8.36. The maximum absolute atomic E-state index is 12.8. The van der Waals surface area contributed by atoms with Gasteiger partial charge in [-0.15, -0.1) is 0 Å². The molecular weight excluding hydrogens is 208 g/mol. The average Bonchev–Trinajstić information content (AvgIpc) is 2.28. The van der Waals surface area contributed by atoms with Crippen molar-refractivity contribution in [3.63, 3.8) is 0 Å². The Morgan fingerprint density at radius 2 is 2.00 bits per heavy atom. The standard InChI is InChI=1S/C9H13F2NO3/c1-8(2)3-6(14)12(7(8)15)4-9(10,11)5-13/h13H,3-5H2,1-2H3. The van der Waals surface area contributed by atoms with Gasteiger partial charge in [0.15, 0.2) is 0 Å². The molecular formula is C9H13F2NO3. The molecule has 0 atom stereocenters. The summed E-state index contributed by atoms with van der Waals surface area (Å²) in [6.07, 6.45) is -0.0622. The lowest BCUT2D eigenvalue weighted by molar-refractivity contribution is -0.149. The summed E-state index contributed by atoms with van der Waals surface area (Å²) in [4.78, 5) is 23.3. The lowest BCUT2D eigenvalue weighted by atomic mass is 9.92. The number of carbonyl (C=O) groups is 2. The highest BCUT2D eigenvalue weighted by atomic mass is 19.3. The maximum atomic E-state index is 12.8. The van der Waals surface area contributed by atoms with Gasteiger partial charge in [-0.05, 0) is 0 Å². The first kappa shape index (κ1) is 12.0. The van der Waals surface area contributed by atoms with Crippen LogP contribution in [0.15, 0.2) is 0 Å². The molecule has 1 aliphatic rings. The van der Waals surface area contributed by atoms with E-state index in [1.165, 1.54) is 13.8 Å². The number of carbonyl (C=O) groups excluding carboxylic acids is 2. The summed E-state index contributed by atoms with van der Waals surface area (Å²) >= 11 is 0. The molecule has 1 fully saturated rings. The summed E-state index contributed by atoms with van der Waals surface area (Å²) in [6.45, 7) is 0.656. The number of hydrogen-bond donors (Lipinski definition) is 1.